The fourth-order valence-electron chi connectivity index (χ4n) is 1.57. The van der Waals surface area contributed by atoms with Crippen molar-refractivity contribution in [1.82, 2.24) is 15.5 Å². The Balaban J connectivity index is 2.62. The van der Waals surface area contributed by atoms with E-state index < -0.39 is 0 Å². The number of benzene rings is 1. The van der Waals surface area contributed by atoms with Gasteiger partial charge in [0.15, 0.2) is 5.96 Å². The molecule has 1 amide bonds. The number of amides is 1. The number of carbonyl (C=O) groups is 1. The molecule has 22 heavy (non-hydrogen) atoms. The minimum Gasteiger partial charge on any atom is -0.383 e. The van der Waals surface area contributed by atoms with E-state index in [2.05, 4.69) is 15.6 Å². The maximum absolute atomic E-state index is 13.1. The van der Waals surface area contributed by atoms with Gasteiger partial charge in [-0.15, -0.1) is 0 Å². The van der Waals surface area contributed by atoms with Crippen molar-refractivity contribution in [2.45, 2.75) is 6.54 Å². The molecule has 0 saturated carbocycles. The lowest BCUT2D eigenvalue weighted by Crippen LogP contribution is -2.43. The molecule has 0 bridgehead atoms. The number of aliphatic imine (C=N–C) groups is 1. The smallest absolute Gasteiger partial charge is 0.241 e. The van der Waals surface area contributed by atoms with Crippen molar-refractivity contribution >= 4 is 11.9 Å². The van der Waals surface area contributed by atoms with Crippen molar-refractivity contribution in [3.05, 3.63) is 35.6 Å². The van der Waals surface area contributed by atoms with E-state index in [0.29, 0.717) is 25.7 Å². The number of hydrogen-bond acceptors (Lipinski definition) is 3. The summed E-state index contributed by atoms with van der Waals surface area (Å²) >= 11 is 0. The summed E-state index contributed by atoms with van der Waals surface area (Å²) in [6, 6.07) is 6.26. The van der Waals surface area contributed by atoms with E-state index in [1.807, 2.05) is 0 Å². The van der Waals surface area contributed by atoms with Gasteiger partial charge in [-0.25, -0.2) is 9.38 Å². The molecule has 0 fully saturated rings. The molecule has 0 unspecified atom stereocenters. The van der Waals surface area contributed by atoms with Gasteiger partial charge in [0.05, 0.1) is 19.7 Å². The number of methoxy groups -OCH3 is 1. The third-order valence-corrected chi connectivity index (χ3v) is 2.81. The zero-order chi connectivity index (χ0) is 16.4. The predicted octanol–water partition coefficient (Wildman–Crippen LogP) is 0.595. The second-order valence-corrected chi connectivity index (χ2v) is 4.86. The zero-order valence-electron chi connectivity index (χ0n) is 13.2. The van der Waals surface area contributed by atoms with Crippen LogP contribution >= 0.6 is 0 Å². The van der Waals surface area contributed by atoms with Gasteiger partial charge in [-0.3, -0.25) is 4.79 Å². The number of nitrogens with one attached hydrogen (secondary N) is 2. The number of rotatable bonds is 7. The first kappa shape index (κ1) is 17.9. The maximum atomic E-state index is 13.1. The first-order chi connectivity index (χ1) is 10.5. The van der Waals surface area contributed by atoms with Crippen LogP contribution in [-0.2, 0) is 16.1 Å². The number of hydrogen-bond donors (Lipinski definition) is 2. The molecule has 0 aliphatic heterocycles. The van der Waals surface area contributed by atoms with Gasteiger partial charge in [-0.1, -0.05) is 12.1 Å². The van der Waals surface area contributed by atoms with Gasteiger partial charge < -0.3 is 20.3 Å². The minimum atomic E-state index is -0.294. The molecule has 0 aliphatic carbocycles. The van der Waals surface area contributed by atoms with Crippen molar-refractivity contribution < 1.29 is 13.9 Å². The predicted molar refractivity (Wildman–Crippen MR) is 84.1 cm³/mol. The summed E-state index contributed by atoms with van der Waals surface area (Å²) in [5.74, 6) is 0.126. The fraction of sp³-hybridized carbons (Fsp3) is 0.467. The maximum Gasteiger partial charge on any atom is 0.241 e. The fourth-order valence-corrected chi connectivity index (χ4v) is 1.57. The summed E-state index contributed by atoms with van der Waals surface area (Å²) in [7, 11) is 4.98. The van der Waals surface area contributed by atoms with Gasteiger partial charge >= 0.3 is 0 Å². The van der Waals surface area contributed by atoms with E-state index in [-0.39, 0.29) is 18.3 Å². The van der Waals surface area contributed by atoms with Crippen LogP contribution in [0.3, 0.4) is 0 Å². The van der Waals surface area contributed by atoms with Crippen molar-refractivity contribution in [1.29, 1.82) is 0 Å². The van der Waals surface area contributed by atoms with Crippen molar-refractivity contribution in [2.24, 2.45) is 4.99 Å². The van der Waals surface area contributed by atoms with Crippen LogP contribution < -0.4 is 10.6 Å². The Bertz CT molecular complexity index is 506. The molecule has 0 atom stereocenters. The first-order valence-corrected chi connectivity index (χ1v) is 6.98. The average molecular weight is 310 g/mol. The van der Waals surface area contributed by atoms with Gasteiger partial charge in [0.2, 0.25) is 5.91 Å². The SMILES string of the molecule is COCCNC(=NCc1cccc(F)c1)NCC(=O)N(C)C. The number of halogens is 1. The highest BCUT2D eigenvalue weighted by atomic mass is 19.1. The van der Waals surface area contributed by atoms with Crippen LogP contribution in [0.15, 0.2) is 29.3 Å². The van der Waals surface area contributed by atoms with Crippen LogP contribution in [-0.4, -0.2) is 57.7 Å². The Morgan fingerprint density at radius 1 is 1.36 bits per heavy atom. The van der Waals surface area contributed by atoms with E-state index >= 15 is 0 Å². The van der Waals surface area contributed by atoms with Gasteiger partial charge in [-0.2, -0.15) is 0 Å². The highest BCUT2D eigenvalue weighted by Crippen LogP contribution is 2.04. The second kappa shape index (κ2) is 9.73. The van der Waals surface area contributed by atoms with Crippen molar-refractivity contribution in [3.8, 4) is 0 Å². The molecule has 1 aromatic rings. The summed E-state index contributed by atoms with van der Waals surface area (Å²) in [4.78, 5) is 17.4. The van der Waals surface area contributed by atoms with Crippen LogP contribution in [0.25, 0.3) is 0 Å². The molecule has 0 aromatic heterocycles. The van der Waals surface area contributed by atoms with E-state index in [1.54, 1.807) is 33.3 Å². The summed E-state index contributed by atoms with van der Waals surface area (Å²) in [5, 5.41) is 5.99. The first-order valence-electron chi connectivity index (χ1n) is 6.98. The normalized spacial score (nSPS) is 11.2. The molecule has 122 valence electrons. The largest absolute Gasteiger partial charge is 0.383 e. The van der Waals surface area contributed by atoms with E-state index in [1.165, 1.54) is 17.0 Å². The minimum absolute atomic E-state index is 0.0630. The van der Waals surface area contributed by atoms with Crippen molar-refractivity contribution in [2.75, 3.05) is 40.9 Å². The molecule has 0 spiro atoms. The Morgan fingerprint density at radius 3 is 2.77 bits per heavy atom. The average Bonchev–Trinajstić information content (AvgIpc) is 2.49. The van der Waals surface area contributed by atoms with Gasteiger partial charge in [-0.05, 0) is 17.7 Å². The van der Waals surface area contributed by atoms with Gasteiger partial charge in [0.25, 0.3) is 0 Å². The van der Waals surface area contributed by atoms with E-state index in [9.17, 15) is 9.18 Å². The second-order valence-electron chi connectivity index (χ2n) is 4.86. The lowest BCUT2D eigenvalue weighted by molar-refractivity contribution is -0.127. The Kier molecular flexibility index (Phi) is 7.91. The number of nitrogens with zero attached hydrogens (tertiary/aromatic N) is 2. The number of guanidine groups is 1. The molecule has 0 radical (unpaired) electrons. The van der Waals surface area contributed by atoms with Crippen molar-refractivity contribution in [3.63, 3.8) is 0 Å². The molecule has 7 heteroatoms. The molecule has 1 aromatic carbocycles. The molecular weight excluding hydrogens is 287 g/mol. The highest BCUT2D eigenvalue weighted by molar-refractivity contribution is 5.86. The van der Waals surface area contributed by atoms with Crippen LogP contribution in [0, 0.1) is 5.82 Å². The number of carbonyl (C=O) groups excluding carboxylic acids is 1. The van der Waals surface area contributed by atoms with Crippen LogP contribution in [0.1, 0.15) is 5.56 Å². The summed E-state index contributed by atoms with van der Waals surface area (Å²) in [5.41, 5.74) is 0.756. The third kappa shape index (κ3) is 7.03. The summed E-state index contributed by atoms with van der Waals surface area (Å²) < 4.78 is 18.1. The van der Waals surface area contributed by atoms with Gasteiger partial charge in [0.1, 0.15) is 5.82 Å². The van der Waals surface area contributed by atoms with Crippen LogP contribution in [0.2, 0.25) is 0 Å². The molecule has 0 aliphatic rings. The molecule has 0 heterocycles. The zero-order valence-corrected chi connectivity index (χ0v) is 13.2. The molecule has 1 rings (SSSR count). The molecule has 2 N–H and O–H groups in total. The standard InChI is InChI=1S/C15H23FN4O2/c1-20(2)14(21)11-19-15(17-7-8-22-3)18-10-12-5-4-6-13(16)9-12/h4-6,9H,7-8,10-11H2,1-3H3,(H2,17,18,19). The molecular formula is C15H23FN4O2. The molecule has 0 saturated heterocycles. The van der Waals surface area contributed by atoms with Crippen LogP contribution in [0.5, 0.6) is 0 Å². The Hall–Kier alpha value is -2.15. The Morgan fingerprint density at radius 2 is 2.14 bits per heavy atom. The Labute approximate surface area is 130 Å². The molecule has 6 nitrogen and oxygen atoms in total. The summed E-state index contributed by atoms with van der Waals surface area (Å²) in [6.07, 6.45) is 0. The monoisotopic (exact) mass is 310 g/mol. The quantitative estimate of drug-likeness (QED) is 0.440. The number of ether oxygens (including phenoxy) is 1. The number of likely N-dealkylation sites (N-methyl/N-ethyl adjacent to an activating group) is 1. The lowest BCUT2D eigenvalue weighted by Gasteiger charge is -2.14. The van der Waals surface area contributed by atoms with Gasteiger partial charge in [0, 0.05) is 27.7 Å². The van der Waals surface area contributed by atoms with E-state index in [0.717, 1.165) is 5.56 Å². The third-order valence-electron chi connectivity index (χ3n) is 2.81. The van der Waals surface area contributed by atoms with Crippen LogP contribution in [0.4, 0.5) is 4.39 Å². The summed E-state index contributed by atoms with van der Waals surface area (Å²) in [6.45, 7) is 1.52. The topological polar surface area (TPSA) is 66.0 Å². The van der Waals surface area contributed by atoms with E-state index in [4.69, 9.17) is 4.74 Å². The highest BCUT2D eigenvalue weighted by Gasteiger charge is 2.05. The lowest BCUT2D eigenvalue weighted by atomic mass is 10.2.